The van der Waals surface area contributed by atoms with Gasteiger partial charge in [0, 0.05) is 51.9 Å². The molecule has 6 nitrogen and oxygen atoms in total. The molecule has 0 atom stereocenters. The highest BCUT2D eigenvalue weighted by Gasteiger charge is 2.44. The number of nitrogens with zero attached hydrogens (tertiary/aromatic N) is 1. The molecule has 0 bridgehead atoms. The van der Waals surface area contributed by atoms with E-state index in [1.54, 1.807) is 29.2 Å². The van der Waals surface area contributed by atoms with Crippen LogP contribution in [0.2, 0.25) is 5.02 Å². The fourth-order valence-corrected chi connectivity index (χ4v) is 5.06. The molecule has 0 saturated heterocycles. The van der Waals surface area contributed by atoms with Gasteiger partial charge in [-0.05, 0) is 43.9 Å². The lowest BCUT2D eigenvalue weighted by molar-refractivity contribution is -0.138. The van der Waals surface area contributed by atoms with Crippen LogP contribution in [0.15, 0.2) is 53.4 Å². The first-order valence-corrected chi connectivity index (χ1v) is 10.8. The van der Waals surface area contributed by atoms with Crippen molar-refractivity contribution >= 4 is 29.1 Å². The van der Waals surface area contributed by atoms with Gasteiger partial charge in [0.2, 0.25) is 0 Å². The Hall–Kier alpha value is -2.86. The Balaban J connectivity index is 1.98. The van der Waals surface area contributed by atoms with Gasteiger partial charge in [0.25, 0.3) is 0 Å². The highest BCUT2D eigenvalue weighted by molar-refractivity contribution is 6.30. The van der Waals surface area contributed by atoms with Gasteiger partial charge in [-0.25, -0.2) is 0 Å². The number of Topliss-reactive ketones (excluding diaryl/α,β-unsaturated/α-hetero) is 2. The van der Waals surface area contributed by atoms with Gasteiger partial charge in [0.15, 0.2) is 11.6 Å². The normalized spacial score (nSPS) is 19.3. The monoisotopic (exact) mass is 441 g/mol. The zero-order valence-electron chi connectivity index (χ0n) is 17.2. The number of allylic oxidation sites excluding steroid dienone is 4. The van der Waals surface area contributed by atoms with E-state index in [0.717, 1.165) is 0 Å². The summed E-state index contributed by atoms with van der Waals surface area (Å²) in [5.74, 6) is -1.17. The number of ether oxygens (including phenoxy) is 1. The zero-order chi connectivity index (χ0) is 22.1. The Kier molecular flexibility index (Phi) is 6.01. The predicted molar refractivity (Wildman–Crippen MR) is 116 cm³/mol. The number of benzene rings is 1. The van der Waals surface area contributed by atoms with Crippen LogP contribution < -0.4 is 4.74 Å². The van der Waals surface area contributed by atoms with Gasteiger partial charge in [0.05, 0.1) is 0 Å². The molecule has 162 valence electrons. The van der Waals surface area contributed by atoms with Crippen LogP contribution in [0.1, 0.15) is 50.0 Å². The smallest absolute Gasteiger partial charge is 0.323 e. The van der Waals surface area contributed by atoms with Gasteiger partial charge < -0.3 is 14.7 Å². The number of ketones is 2. The number of aliphatic carboxylic acids is 1. The van der Waals surface area contributed by atoms with E-state index >= 15 is 0 Å². The second-order valence-corrected chi connectivity index (χ2v) is 8.41. The predicted octanol–water partition coefficient (Wildman–Crippen LogP) is 4.40. The third-order valence-electron chi connectivity index (χ3n) is 6.02. The molecule has 4 rings (SSSR count). The molecule has 0 saturated carbocycles. The van der Waals surface area contributed by atoms with Crippen molar-refractivity contribution in [3.8, 4) is 5.75 Å². The van der Waals surface area contributed by atoms with Gasteiger partial charge in [-0.15, -0.1) is 0 Å². The quantitative estimate of drug-likeness (QED) is 0.658. The standard InChI is InChI=1S/C24H24ClNO5/c1-2-11-31-20-10-9-14(25)12-15(20)22-23-16(5-3-7-18(23)27)26(13-21(29)30)17-6-4-8-19(28)24(17)22/h2,9-10,12,22H,1,3-8,11,13H2,(H,29,30). The Bertz CT molecular complexity index is 994. The molecular formula is C24H24ClNO5. The van der Waals surface area contributed by atoms with Crippen LogP contribution in [0.5, 0.6) is 5.75 Å². The van der Waals surface area contributed by atoms with E-state index < -0.39 is 11.9 Å². The van der Waals surface area contributed by atoms with E-state index in [4.69, 9.17) is 16.3 Å². The third kappa shape index (κ3) is 3.92. The largest absolute Gasteiger partial charge is 0.489 e. The molecule has 1 heterocycles. The first kappa shape index (κ1) is 21.4. The SMILES string of the molecule is C=CCOc1ccc(Cl)cc1C1C2=C(CCCC2=O)N(CC(=O)O)C2=C1C(=O)CCC2. The molecule has 0 unspecified atom stereocenters. The molecule has 31 heavy (non-hydrogen) atoms. The summed E-state index contributed by atoms with van der Waals surface area (Å²) in [7, 11) is 0. The van der Waals surface area contributed by atoms with Crippen molar-refractivity contribution in [3.63, 3.8) is 0 Å². The summed E-state index contributed by atoms with van der Waals surface area (Å²) in [5, 5.41) is 10.0. The van der Waals surface area contributed by atoms with Crippen molar-refractivity contribution in [2.24, 2.45) is 0 Å². The highest BCUT2D eigenvalue weighted by atomic mass is 35.5. The van der Waals surface area contributed by atoms with Crippen LogP contribution >= 0.6 is 11.6 Å². The van der Waals surface area contributed by atoms with Crippen LogP contribution in [0, 0.1) is 0 Å². The van der Waals surface area contributed by atoms with Crippen LogP contribution in [0.3, 0.4) is 0 Å². The first-order valence-electron chi connectivity index (χ1n) is 10.5. The maximum absolute atomic E-state index is 13.2. The lowest BCUT2D eigenvalue weighted by Crippen LogP contribution is -2.41. The molecule has 0 radical (unpaired) electrons. The molecule has 1 aromatic carbocycles. The van der Waals surface area contributed by atoms with Crippen molar-refractivity contribution in [3.05, 3.63) is 64.0 Å². The number of carbonyl (C=O) groups excluding carboxylic acids is 2. The molecule has 0 spiro atoms. The third-order valence-corrected chi connectivity index (χ3v) is 6.25. The van der Waals surface area contributed by atoms with Gasteiger partial charge in [-0.2, -0.15) is 0 Å². The van der Waals surface area contributed by atoms with Crippen molar-refractivity contribution in [1.29, 1.82) is 0 Å². The lowest BCUT2D eigenvalue weighted by Gasteiger charge is -2.43. The van der Waals surface area contributed by atoms with E-state index in [0.29, 0.717) is 77.4 Å². The Morgan fingerprint density at radius 1 is 1.13 bits per heavy atom. The summed E-state index contributed by atoms with van der Waals surface area (Å²) in [6.07, 6.45) is 4.88. The molecule has 1 aromatic rings. The summed E-state index contributed by atoms with van der Waals surface area (Å²) >= 11 is 6.32. The van der Waals surface area contributed by atoms with Gasteiger partial charge in [-0.1, -0.05) is 24.3 Å². The fourth-order valence-electron chi connectivity index (χ4n) is 4.88. The number of carbonyl (C=O) groups is 3. The van der Waals surface area contributed by atoms with Crippen molar-refractivity contribution in [2.45, 2.75) is 44.4 Å². The second kappa shape index (κ2) is 8.71. The van der Waals surface area contributed by atoms with Crippen LogP contribution in [-0.4, -0.2) is 40.7 Å². The van der Waals surface area contributed by atoms with Gasteiger partial charge >= 0.3 is 5.97 Å². The minimum absolute atomic E-state index is 0.0544. The minimum Gasteiger partial charge on any atom is -0.489 e. The minimum atomic E-state index is -0.994. The molecule has 0 amide bonds. The summed E-state index contributed by atoms with van der Waals surface area (Å²) < 4.78 is 5.86. The van der Waals surface area contributed by atoms with Crippen LogP contribution in [0.25, 0.3) is 0 Å². The molecule has 1 aliphatic heterocycles. The van der Waals surface area contributed by atoms with Crippen molar-refractivity contribution in [1.82, 2.24) is 4.90 Å². The number of rotatable bonds is 6. The second-order valence-electron chi connectivity index (χ2n) is 7.97. The number of hydrogen-bond donors (Lipinski definition) is 1. The van der Waals surface area contributed by atoms with Gasteiger partial charge in [0.1, 0.15) is 18.9 Å². The topological polar surface area (TPSA) is 83.9 Å². The molecule has 0 fully saturated rings. The first-order chi connectivity index (χ1) is 14.9. The molecule has 1 N–H and O–H groups in total. The Morgan fingerprint density at radius 3 is 2.29 bits per heavy atom. The van der Waals surface area contributed by atoms with E-state index in [1.807, 2.05) is 0 Å². The number of halogens is 1. The fraction of sp³-hybridized carbons (Fsp3) is 0.375. The molecule has 2 aliphatic carbocycles. The average molecular weight is 442 g/mol. The summed E-state index contributed by atoms with van der Waals surface area (Å²) in [6, 6.07) is 5.20. The summed E-state index contributed by atoms with van der Waals surface area (Å²) in [4.78, 5) is 39.7. The van der Waals surface area contributed by atoms with E-state index in [-0.39, 0.29) is 24.7 Å². The highest BCUT2D eigenvalue weighted by Crippen LogP contribution is 2.51. The zero-order valence-corrected chi connectivity index (χ0v) is 17.9. The maximum Gasteiger partial charge on any atom is 0.323 e. The molecular weight excluding hydrogens is 418 g/mol. The van der Waals surface area contributed by atoms with E-state index in [1.165, 1.54) is 0 Å². The van der Waals surface area contributed by atoms with E-state index in [9.17, 15) is 19.5 Å². The van der Waals surface area contributed by atoms with Crippen molar-refractivity contribution in [2.75, 3.05) is 13.2 Å². The number of hydrogen-bond acceptors (Lipinski definition) is 5. The van der Waals surface area contributed by atoms with E-state index in [2.05, 4.69) is 6.58 Å². The molecule has 7 heteroatoms. The average Bonchev–Trinajstić information content (AvgIpc) is 2.73. The Morgan fingerprint density at radius 2 is 1.74 bits per heavy atom. The summed E-state index contributed by atoms with van der Waals surface area (Å²) in [5.41, 5.74) is 3.10. The summed E-state index contributed by atoms with van der Waals surface area (Å²) in [6.45, 7) is 3.69. The number of carboxylic acid groups (broad SMARTS) is 1. The molecule has 3 aliphatic rings. The van der Waals surface area contributed by atoms with Crippen molar-refractivity contribution < 1.29 is 24.2 Å². The molecule has 0 aromatic heterocycles. The lowest BCUT2D eigenvalue weighted by atomic mass is 9.70. The Labute approximate surface area is 185 Å². The van der Waals surface area contributed by atoms with Crippen LogP contribution in [-0.2, 0) is 14.4 Å². The maximum atomic E-state index is 13.2. The van der Waals surface area contributed by atoms with Gasteiger partial charge in [-0.3, -0.25) is 14.4 Å². The van der Waals surface area contributed by atoms with Crippen LogP contribution in [0.4, 0.5) is 0 Å². The number of carboxylic acids is 1.